The van der Waals surface area contributed by atoms with E-state index in [-0.39, 0.29) is 25.3 Å². The lowest BCUT2D eigenvalue weighted by Crippen LogP contribution is -2.50. The molecule has 1 atom stereocenters. The van der Waals surface area contributed by atoms with E-state index in [2.05, 4.69) is 5.32 Å². The normalized spacial score (nSPS) is 14.8. The van der Waals surface area contributed by atoms with Crippen molar-refractivity contribution in [1.82, 2.24) is 4.90 Å². The third-order valence-electron chi connectivity index (χ3n) is 5.54. The number of nitrogens with zero attached hydrogens (tertiary/aromatic N) is 1. The van der Waals surface area contributed by atoms with Crippen molar-refractivity contribution in [3.05, 3.63) is 89.2 Å². The minimum Gasteiger partial charge on any atom is -0.493 e. The summed E-state index contributed by atoms with van der Waals surface area (Å²) in [5, 5.41) is 12.3. The SMILES string of the molecule is COc1ccc2c(c1OCc1ccccc1)CC(C(=O)O)N(C(=O)Nc1ccccc1F)C2. The van der Waals surface area contributed by atoms with Gasteiger partial charge in [0.05, 0.1) is 12.8 Å². The highest BCUT2D eigenvalue weighted by molar-refractivity contribution is 5.93. The molecular formula is C25H23FN2O5. The van der Waals surface area contributed by atoms with E-state index in [9.17, 15) is 19.1 Å². The van der Waals surface area contributed by atoms with Gasteiger partial charge in [0.1, 0.15) is 18.5 Å². The molecular weight excluding hydrogens is 427 g/mol. The predicted molar refractivity (Wildman–Crippen MR) is 120 cm³/mol. The number of benzene rings is 3. The number of methoxy groups -OCH3 is 1. The Kier molecular flexibility index (Phi) is 6.44. The van der Waals surface area contributed by atoms with Gasteiger partial charge < -0.3 is 24.8 Å². The Morgan fingerprint density at radius 1 is 1.09 bits per heavy atom. The van der Waals surface area contributed by atoms with Crippen LogP contribution in [0.1, 0.15) is 16.7 Å². The second kappa shape index (κ2) is 9.60. The van der Waals surface area contributed by atoms with Gasteiger partial charge in [0, 0.05) is 18.5 Å². The summed E-state index contributed by atoms with van der Waals surface area (Å²) in [7, 11) is 1.52. The van der Waals surface area contributed by atoms with E-state index in [0.29, 0.717) is 17.1 Å². The number of fused-ring (bicyclic) bond motifs is 1. The molecule has 8 heteroatoms. The maximum Gasteiger partial charge on any atom is 0.326 e. The zero-order valence-electron chi connectivity index (χ0n) is 18.0. The molecule has 1 aliphatic rings. The van der Waals surface area contributed by atoms with Crippen LogP contribution in [0.2, 0.25) is 0 Å². The Morgan fingerprint density at radius 2 is 1.82 bits per heavy atom. The number of nitrogens with one attached hydrogen (secondary N) is 1. The summed E-state index contributed by atoms with van der Waals surface area (Å²) >= 11 is 0. The Bertz CT molecular complexity index is 1170. The molecule has 0 spiro atoms. The number of para-hydroxylation sites is 1. The third-order valence-corrected chi connectivity index (χ3v) is 5.54. The highest BCUT2D eigenvalue weighted by atomic mass is 19.1. The van der Waals surface area contributed by atoms with E-state index in [1.54, 1.807) is 18.2 Å². The molecule has 1 heterocycles. The second-order valence-electron chi connectivity index (χ2n) is 7.60. The summed E-state index contributed by atoms with van der Waals surface area (Å²) in [6.45, 7) is 0.307. The highest BCUT2D eigenvalue weighted by Gasteiger charge is 2.37. The van der Waals surface area contributed by atoms with Crippen molar-refractivity contribution in [1.29, 1.82) is 0 Å². The van der Waals surface area contributed by atoms with E-state index in [0.717, 1.165) is 11.1 Å². The summed E-state index contributed by atoms with van der Waals surface area (Å²) in [6, 6.07) is 17.0. The van der Waals surface area contributed by atoms with Crippen LogP contribution in [-0.2, 0) is 24.4 Å². The number of carbonyl (C=O) groups excluding carboxylic acids is 1. The monoisotopic (exact) mass is 450 g/mol. The lowest BCUT2D eigenvalue weighted by Gasteiger charge is -2.35. The standard InChI is InChI=1S/C25H23FN2O5/c1-32-22-12-11-17-14-28(25(31)27-20-10-6-5-9-19(20)26)21(24(29)30)13-18(17)23(22)33-15-16-7-3-2-4-8-16/h2-12,21H,13-15H2,1H3,(H,27,31)(H,29,30). The van der Waals surface area contributed by atoms with E-state index >= 15 is 0 Å². The summed E-state index contributed by atoms with van der Waals surface area (Å²) in [5.41, 5.74) is 2.35. The molecule has 0 bridgehead atoms. The van der Waals surface area contributed by atoms with Gasteiger partial charge in [-0.05, 0) is 29.3 Å². The van der Waals surface area contributed by atoms with Crippen LogP contribution < -0.4 is 14.8 Å². The van der Waals surface area contributed by atoms with Gasteiger partial charge in [-0.2, -0.15) is 0 Å². The smallest absolute Gasteiger partial charge is 0.326 e. The molecule has 4 rings (SSSR count). The highest BCUT2D eigenvalue weighted by Crippen LogP contribution is 2.39. The average Bonchev–Trinajstić information content (AvgIpc) is 2.83. The number of amides is 2. The van der Waals surface area contributed by atoms with Crippen molar-refractivity contribution in [2.24, 2.45) is 0 Å². The molecule has 0 saturated heterocycles. The molecule has 0 saturated carbocycles. The average molecular weight is 450 g/mol. The number of carboxylic acid groups (broad SMARTS) is 1. The van der Waals surface area contributed by atoms with Crippen molar-refractivity contribution in [2.75, 3.05) is 12.4 Å². The molecule has 170 valence electrons. The van der Waals surface area contributed by atoms with E-state index in [4.69, 9.17) is 9.47 Å². The topological polar surface area (TPSA) is 88.1 Å². The molecule has 1 unspecified atom stereocenters. The van der Waals surface area contributed by atoms with Crippen LogP contribution in [0.3, 0.4) is 0 Å². The minimum atomic E-state index is -1.17. The van der Waals surface area contributed by atoms with Gasteiger partial charge in [-0.15, -0.1) is 0 Å². The number of carbonyl (C=O) groups is 2. The van der Waals surface area contributed by atoms with Crippen molar-refractivity contribution >= 4 is 17.7 Å². The molecule has 33 heavy (non-hydrogen) atoms. The number of aliphatic carboxylic acids is 1. The van der Waals surface area contributed by atoms with Crippen molar-refractivity contribution < 1.29 is 28.6 Å². The first-order chi connectivity index (χ1) is 16.0. The molecule has 3 aromatic carbocycles. The van der Waals surface area contributed by atoms with E-state index in [1.165, 1.54) is 30.2 Å². The minimum absolute atomic E-state index is 0.0148. The van der Waals surface area contributed by atoms with Crippen molar-refractivity contribution in [3.63, 3.8) is 0 Å². The number of rotatable bonds is 6. The first-order valence-corrected chi connectivity index (χ1v) is 10.4. The first kappa shape index (κ1) is 22.1. The largest absolute Gasteiger partial charge is 0.493 e. The molecule has 0 aromatic heterocycles. The fraction of sp³-hybridized carbons (Fsp3) is 0.200. The van der Waals surface area contributed by atoms with Gasteiger partial charge in [0.2, 0.25) is 0 Å². The quantitative estimate of drug-likeness (QED) is 0.579. The van der Waals surface area contributed by atoms with Crippen LogP contribution in [0.4, 0.5) is 14.9 Å². The van der Waals surface area contributed by atoms with E-state index < -0.39 is 23.9 Å². The maximum atomic E-state index is 14.0. The second-order valence-corrected chi connectivity index (χ2v) is 7.60. The summed E-state index contributed by atoms with van der Waals surface area (Å²) in [5.74, 6) is -0.824. The Morgan fingerprint density at radius 3 is 2.52 bits per heavy atom. The fourth-order valence-corrected chi connectivity index (χ4v) is 3.85. The van der Waals surface area contributed by atoms with Crippen molar-refractivity contribution in [3.8, 4) is 11.5 Å². The number of carboxylic acids is 1. The Hall–Kier alpha value is -4.07. The number of anilines is 1. The molecule has 3 aromatic rings. The number of hydrogen-bond donors (Lipinski definition) is 2. The van der Waals surface area contributed by atoms with Crippen molar-refractivity contribution in [2.45, 2.75) is 25.6 Å². The molecule has 0 aliphatic carbocycles. The molecule has 2 amide bonds. The fourth-order valence-electron chi connectivity index (χ4n) is 3.85. The predicted octanol–water partition coefficient (Wildman–Crippen LogP) is 4.46. The zero-order chi connectivity index (χ0) is 23.4. The zero-order valence-corrected chi connectivity index (χ0v) is 18.0. The number of halogens is 1. The molecule has 2 N–H and O–H groups in total. The Labute approximate surface area is 190 Å². The van der Waals surface area contributed by atoms with Gasteiger partial charge in [0.15, 0.2) is 11.5 Å². The molecule has 1 aliphatic heterocycles. The van der Waals surface area contributed by atoms with Crippen LogP contribution in [0, 0.1) is 5.82 Å². The summed E-state index contributed by atoms with van der Waals surface area (Å²) in [6.07, 6.45) is 0.0245. The van der Waals surface area contributed by atoms with Crippen LogP contribution in [0.15, 0.2) is 66.7 Å². The third kappa shape index (κ3) is 4.74. The van der Waals surface area contributed by atoms with Gasteiger partial charge >= 0.3 is 12.0 Å². The van der Waals surface area contributed by atoms with Crippen LogP contribution >= 0.6 is 0 Å². The Balaban J connectivity index is 1.63. The summed E-state index contributed by atoms with van der Waals surface area (Å²) in [4.78, 5) is 26.2. The number of urea groups is 1. The lowest BCUT2D eigenvalue weighted by molar-refractivity contribution is -0.142. The lowest BCUT2D eigenvalue weighted by atomic mass is 9.92. The van der Waals surface area contributed by atoms with Crippen LogP contribution in [0.5, 0.6) is 11.5 Å². The van der Waals surface area contributed by atoms with Gasteiger partial charge in [-0.1, -0.05) is 48.5 Å². The number of ether oxygens (including phenoxy) is 2. The van der Waals surface area contributed by atoms with Gasteiger partial charge in [-0.3, -0.25) is 0 Å². The number of hydrogen-bond acceptors (Lipinski definition) is 4. The van der Waals surface area contributed by atoms with Gasteiger partial charge in [0.25, 0.3) is 0 Å². The van der Waals surface area contributed by atoms with Crippen LogP contribution in [0.25, 0.3) is 0 Å². The molecule has 7 nitrogen and oxygen atoms in total. The summed E-state index contributed by atoms with van der Waals surface area (Å²) < 4.78 is 25.5. The first-order valence-electron chi connectivity index (χ1n) is 10.4. The van der Waals surface area contributed by atoms with Gasteiger partial charge in [-0.25, -0.2) is 14.0 Å². The molecule has 0 radical (unpaired) electrons. The maximum absolute atomic E-state index is 14.0. The molecule has 0 fully saturated rings. The van der Waals surface area contributed by atoms with Crippen LogP contribution in [-0.4, -0.2) is 35.2 Å². The van der Waals surface area contributed by atoms with E-state index in [1.807, 2.05) is 30.3 Å².